The van der Waals surface area contributed by atoms with Gasteiger partial charge in [0.25, 0.3) is 0 Å². The first-order valence-electron chi connectivity index (χ1n) is 9.04. The number of nitrogens with zero attached hydrogens (tertiary/aromatic N) is 4. The SMILES string of the molecule is COC(=O)C1C2CCC(CC2)C1Nc1nc(Cl)nc(-c2cnn(C)c2)c1F. The minimum atomic E-state index is -0.600. The second-order valence-corrected chi connectivity index (χ2v) is 7.64. The van der Waals surface area contributed by atoms with Gasteiger partial charge in [-0.1, -0.05) is 0 Å². The zero-order chi connectivity index (χ0) is 19.1. The summed E-state index contributed by atoms with van der Waals surface area (Å²) in [4.78, 5) is 20.4. The first kappa shape index (κ1) is 18.2. The summed E-state index contributed by atoms with van der Waals surface area (Å²) < 4.78 is 21.7. The summed E-state index contributed by atoms with van der Waals surface area (Å²) in [5, 5.41) is 7.15. The lowest BCUT2D eigenvalue weighted by Crippen LogP contribution is -2.52. The molecular formula is C18H21ClFN5O2. The Morgan fingerprint density at radius 1 is 1.30 bits per heavy atom. The zero-order valence-electron chi connectivity index (χ0n) is 15.2. The Hall–Kier alpha value is -2.22. The number of carbonyl (C=O) groups is 1. The van der Waals surface area contributed by atoms with Crippen LogP contribution in [0.4, 0.5) is 10.2 Å². The molecule has 2 bridgehead atoms. The molecular weight excluding hydrogens is 373 g/mol. The number of nitrogens with one attached hydrogen (secondary N) is 1. The van der Waals surface area contributed by atoms with Crippen LogP contribution in [0.5, 0.6) is 0 Å². The Bertz CT molecular complexity index is 865. The first-order chi connectivity index (χ1) is 13.0. The van der Waals surface area contributed by atoms with Crippen LogP contribution in [0.3, 0.4) is 0 Å². The van der Waals surface area contributed by atoms with Crippen molar-refractivity contribution in [2.75, 3.05) is 12.4 Å². The maximum absolute atomic E-state index is 15.2. The van der Waals surface area contributed by atoms with Crippen molar-refractivity contribution < 1.29 is 13.9 Å². The van der Waals surface area contributed by atoms with E-state index in [1.807, 2.05) is 0 Å². The number of methoxy groups -OCH3 is 1. The number of aryl methyl sites for hydroxylation is 1. The summed E-state index contributed by atoms with van der Waals surface area (Å²) in [6.07, 6.45) is 7.18. The van der Waals surface area contributed by atoms with Crippen LogP contribution in [-0.4, -0.2) is 38.9 Å². The van der Waals surface area contributed by atoms with Gasteiger partial charge >= 0.3 is 5.97 Å². The number of ether oxygens (including phenoxy) is 1. The highest BCUT2D eigenvalue weighted by Gasteiger charge is 2.48. The van der Waals surface area contributed by atoms with Crippen molar-refractivity contribution >= 4 is 23.4 Å². The maximum atomic E-state index is 15.2. The van der Waals surface area contributed by atoms with E-state index in [1.54, 1.807) is 17.9 Å². The molecule has 0 radical (unpaired) electrons. The van der Waals surface area contributed by atoms with Gasteiger partial charge in [-0.3, -0.25) is 9.48 Å². The molecule has 0 saturated heterocycles. The maximum Gasteiger partial charge on any atom is 0.311 e. The first-order valence-corrected chi connectivity index (χ1v) is 9.42. The Balaban J connectivity index is 1.69. The van der Waals surface area contributed by atoms with E-state index in [0.717, 1.165) is 25.7 Å². The standard InChI is InChI=1S/C18H21ClFN5O2/c1-25-8-11(7-21-25)15-13(20)16(24-18(19)23-15)22-14-10-5-3-9(4-6-10)12(14)17(26)27-2/h7-10,12,14H,3-6H2,1-2H3,(H,22,23,24). The van der Waals surface area contributed by atoms with Crippen molar-refractivity contribution in [2.24, 2.45) is 24.8 Å². The monoisotopic (exact) mass is 393 g/mol. The van der Waals surface area contributed by atoms with E-state index in [2.05, 4.69) is 20.4 Å². The molecule has 27 heavy (non-hydrogen) atoms. The molecule has 2 aromatic rings. The lowest BCUT2D eigenvalue weighted by Gasteiger charge is -2.47. The second kappa shape index (κ2) is 7.07. The molecule has 144 valence electrons. The van der Waals surface area contributed by atoms with Crippen molar-refractivity contribution in [3.63, 3.8) is 0 Å². The molecule has 2 aromatic heterocycles. The fourth-order valence-electron chi connectivity index (χ4n) is 4.54. The molecule has 9 heteroatoms. The van der Waals surface area contributed by atoms with Crippen molar-refractivity contribution in [3.05, 3.63) is 23.5 Å². The van der Waals surface area contributed by atoms with E-state index in [1.165, 1.54) is 13.3 Å². The number of carbonyl (C=O) groups excluding carboxylic acids is 1. The van der Waals surface area contributed by atoms with Gasteiger partial charge in [0.2, 0.25) is 5.28 Å². The third kappa shape index (κ3) is 3.26. The van der Waals surface area contributed by atoms with E-state index >= 15 is 4.39 Å². The van der Waals surface area contributed by atoms with Gasteiger partial charge in [0.15, 0.2) is 11.6 Å². The minimum absolute atomic E-state index is 0.0142. The summed E-state index contributed by atoms with van der Waals surface area (Å²) in [5.74, 6) is -0.627. The summed E-state index contributed by atoms with van der Waals surface area (Å²) in [7, 11) is 3.13. The number of hydrogen-bond acceptors (Lipinski definition) is 6. The van der Waals surface area contributed by atoms with Crippen LogP contribution in [0.2, 0.25) is 5.28 Å². The van der Waals surface area contributed by atoms with Gasteiger partial charge < -0.3 is 10.1 Å². The largest absolute Gasteiger partial charge is 0.469 e. The fourth-order valence-corrected chi connectivity index (χ4v) is 4.71. The van der Waals surface area contributed by atoms with Gasteiger partial charge in [-0.2, -0.15) is 10.1 Å². The lowest BCUT2D eigenvalue weighted by atomic mass is 9.61. The van der Waals surface area contributed by atoms with E-state index < -0.39 is 5.82 Å². The number of hydrogen-bond donors (Lipinski definition) is 1. The summed E-state index contributed by atoms with van der Waals surface area (Å²) in [5.41, 5.74) is 0.596. The van der Waals surface area contributed by atoms with Crippen LogP contribution in [0.1, 0.15) is 25.7 Å². The van der Waals surface area contributed by atoms with Gasteiger partial charge in [0, 0.05) is 24.8 Å². The predicted molar refractivity (Wildman–Crippen MR) is 97.6 cm³/mol. The average Bonchev–Trinajstić information content (AvgIpc) is 3.10. The highest BCUT2D eigenvalue weighted by Crippen LogP contribution is 2.47. The topological polar surface area (TPSA) is 81.9 Å². The molecule has 0 aliphatic heterocycles. The molecule has 3 saturated carbocycles. The molecule has 2 heterocycles. The van der Waals surface area contributed by atoms with Crippen molar-refractivity contribution in [2.45, 2.75) is 31.7 Å². The van der Waals surface area contributed by atoms with Crippen molar-refractivity contribution in [1.29, 1.82) is 0 Å². The van der Waals surface area contributed by atoms with Crippen molar-refractivity contribution in [3.8, 4) is 11.3 Å². The van der Waals surface area contributed by atoms with E-state index in [-0.39, 0.29) is 46.6 Å². The van der Waals surface area contributed by atoms with Crippen LogP contribution >= 0.6 is 11.6 Å². The molecule has 5 rings (SSSR count). The van der Waals surface area contributed by atoms with Gasteiger partial charge in [-0.25, -0.2) is 9.37 Å². The number of esters is 1. The molecule has 0 aromatic carbocycles. The molecule has 0 amide bonds. The number of halogens is 2. The second-order valence-electron chi connectivity index (χ2n) is 7.30. The third-order valence-electron chi connectivity index (χ3n) is 5.80. The molecule has 3 aliphatic rings. The molecule has 7 nitrogen and oxygen atoms in total. The molecule has 0 spiro atoms. The fraction of sp³-hybridized carbons (Fsp3) is 0.556. The highest BCUT2D eigenvalue weighted by atomic mass is 35.5. The Morgan fingerprint density at radius 2 is 2.00 bits per heavy atom. The van der Waals surface area contributed by atoms with E-state index in [9.17, 15) is 4.79 Å². The van der Waals surface area contributed by atoms with E-state index in [4.69, 9.17) is 16.3 Å². The molecule has 1 N–H and O–H groups in total. The summed E-state index contributed by atoms with van der Waals surface area (Å²) in [6.45, 7) is 0. The smallest absolute Gasteiger partial charge is 0.311 e. The van der Waals surface area contributed by atoms with Crippen LogP contribution in [-0.2, 0) is 16.6 Å². The van der Waals surface area contributed by atoms with Gasteiger partial charge in [0.05, 0.1) is 19.2 Å². The van der Waals surface area contributed by atoms with Gasteiger partial charge in [-0.05, 0) is 49.1 Å². The van der Waals surface area contributed by atoms with Gasteiger partial charge in [0.1, 0.15) is 5.69 Å². The Labute approximate surface area is 161 Å². The predicted octanol–water partition coefficient (Wildman–Crippen LogP) is 3.06. The third-order valence-corrected chi connectivity index (χ3v) is 5.97. The van der Waals surface area contributed by atoms with Crippen LogP contribution in [0, 0.1) is 23.6 Å². The quantitative estimate of drug-likeness (QED) is 0.635. The minimum Gasteiger partial charge on any atom is -0.469 e. The normalized spacial score (nSPS) is 26.8. The molecule has 3 aliphatic carbocycles. The average molecular weight is 394 g/mol. The number of fused-ring (bicyclic) bond motifs is 3. The van der Waals surface area contributed by atoms with Gasteiger partial charge in [-0.15, -0.1) is 0 Å². The van der Waals surface area contributed by atoms with Crippen LogP contribution in [0.15, 0.2) is 12.4 Å². The number of aromatic nitrogens is 4. The van der Waals surface area contributed by atoms with Crippen LogP contribution in [0.25, 0.3) is 11.3 Å². The molecule has 3 fully saturated rings. The van der Waals surface area contributed by atoms with E-state index in [0.29, 0.717) is 5.56 Å². The highest BCUT2D eigenvalue weighted by molar-refractivity contribution is 6.28. The van der Waals surface area contributed by atoms with Crippen molar-refractivity contribution in [1.82, 2.24) is 19.7 Å². The Kier molecular flexibility index (Phi) is 4.75. The Morgan fingerprint density at radius 3 is 2.63 bits per heavy atom. The summed E-state index contributed by atoms with van der Waals surface area (Å²) >= 11 is 6.05. The van der Waals surface area contributed by atoms with Crippen LogP contribution < -0.4 is 5.32 Å². The summed E-state index contributed by atoms with van der Waals surface area (Å²) in [6, 6.07) is -0.229. The molecule has 2 unspecified atom stereocenters. The molecule has 2 atom stereocenters. The number of rotatable bonds is 4. The zero-order valence-corrected chi connectivity index (χ0v) is 15.9. The number of anilines is 1. The lowest BCUT2D eigenvalue weighted by molar-refractivity contribution is -0.152.